The molecule has 0 nitrogen and oxygen atoms in total. The largest absolute Gasteiger partial charge is 0.0620 e. The van der Waals surface area contributed by atoms with E-state index in [1.54, 1.807) is 11.1 Å². The summed E-state index contributed by atoms with van der Waals surface area (Å²) in [4.78, 5) is 0. The number of hydrogen-bond donors (Lipinski definition) is 0. The van der Waals surface area contributed by atoms with Gasteiger partial charge >= 0.3 is 0 Å². The van der Waals surface area contributed by atoms with Crippen LogP contribution in [0.1, 0.15) is 62.8 Å². The highest BCUT2D eigenvalue weighted by Gasteiger charge is 2.39. The zero-order valence-corrected chi connectivity index (χ0v) is 15.4. The average molecular weight is 316 g/mol. The second kappa shape index (κ2) is 5.34. The number of aryl methyl sites for hydroxylation is 2. The first-order chi connectivity index (χ1) is 11.4. The summed E-state index contributed by atoms with van der Waals surface area (Å²) < 4.78 is 0. The summed E-state index contributed by atoms with van der Waals surface area (Å²) in [7, 11) is 0. The Kier molecular flexibility index (Phi) is 3.49. The Labute approximate surface area is 146 Å². The number of benzene rings is 2. The van der Waals surface area contributed by atoms with Crippen LogP contribution in [0.15, 0.2) is 48.5 Å². The first-order valence-electron chi connectivity index (χ1n) is 9.32. The quantitative estimate of drug-likeness (QED) is 0.517. The molecule has 0 saturated carbocycles. The van der Waals surface area contributed by atoms with Crippen LogP contribution >= 0.6 is 0 Å². The molecule has 0 bridgehead atoms. The fourth-order valence-corrected chi connectivity index (χ4v) is 4.78. The molecule has 0 spiro atoms. The van der Waals surface area contributed by atoms with Crippen molar-refractivity contribution in [3.8, 4) is 0 Å². The van der Waals surface area contributed by atoms with Gasteiger partial charge in [0.05, 0.1) is 0 Å². The molecule has 0 amide bonds. The molecule has 0 heteroatoms. The highest BCUT2D eigenvalue weighted by molar-refractivity contribution is 5.97. The third-order valence-electron chi connectivity index (χ3n) is 6.22. The van der Waals surface area contributed by atoms with Crippen molar-refractivity contribution in [2.75, 3.05) is 0 Å². The number of allylic oxidation sites excluding steroid dienone is 2. The summed E-state index contributed by atoms with van der Waals surface area (Å²) >= 11 is 0. The molecule has 0 N–H and O–H groups in total. The van der Waals surface area contributed by atoms with Crippen molar-refractivity contribution in [1.29, 1.82) is 0 Å². The van der Waals surface area contributed by atoms with Gasteiger partial charge in [0.2, 0.25) is 0 Å². The standard InChI is InChI=1S/C24H28/c1-23(2)15-13-17-9-5-7-11-19(17)21(23)22-20-12-8-6-10-18(20)14-16-24(22,3)4/h5-12H,13-16H2,1-4H3/b22-21-. The Hall–Kier alpha value is -1.82. The lowest BCUT2D eigenvalue weighted by atomic mass is 9.61. The molecule has 2 aromatic carbocycles. The number of hydrogen-bond acceptors (Lipinski definition) is 0. The predicted molar refractivity (Wildman–Crippen MR) is 104 cm³/mol. The second-order valence-electron chi connectivity index (χ2n) is 8.83. The highest BCUT2D eigenvalue weighted by atomic mass is 14.4. The van der Waals surface area contributed by atoms with Crippen LogP contribution in [-0.4, -0.2) is 0 Å². The van der Waals surface area contributed by atoms with Crippen LogP contribution in [0.2, 0.25) is 0 Å². The van der Waals surface area contributed by atoms with Crippen molar-refractivity contribution in [2.24, 2.45) is 10.8 Å². The van der Waals surface area contributed by atoms with Crippen LogP contribution in [0.4, 0.5) is 0 Å². The fourth-order valence-electron chi connectivity index (χ4n) is 4.78. The van der Waals surface area contributed by atoms with Crippen LogP contribution in [0.5, 0.6) is 0 Å². The Morgan fingerprint density at radius 1 is 0.583 bits per heavy atom. The van der Waals surface area contributed by atoms with E-state index in [0.29, 0.717) is 0 Å². The van der Waals surface area contributed by atoms with Crippen molar-refractivity contribution in [3.05, 3.63) is 70.8 Å². The SMILES string of the molecule is CC1(C)CCc2ccccc2/C1=C1\c2ccccc2CCC1(C)C. The molecule has 0 radical (unpaired) electrons. The summed E-state index contributed by atoms with van der Waals surface area (Å²) in [5.41, 5.74) is 9.69. The van der Waals surface area contributed by atoms with E-state index in [0.717, 1.165) is 0 Å². The molecule has 0 heterocycles. The van der Waals surface area contributed by atoms with Crippen LogP contribution in [-0.2, 0) is 12.8 Å². The van der Waals surface area contributed by atoms with Gasteiger partial charge in [-0.15, -0.1) is 0 Å². The van der Waals surface area contributed by atoms with Crippen molar-refractivity contribution in [3.63, 3.8) is 0 Å². The van der Waals surface area contributed by atoms with Gasteiger partial charge in [0.25, 0.3) is 0 Å². The lowest BCUT2D eigenvalue weighted by molar-refractivity contribution is 0.417. The zero-order chi connectivity index (χ0) is 16.9. The molecule has 0 unspecified atom stereocenters. The van der Waals surface area contributed by atoms with Gasteiger partial charge in [-0.05, 0) is 69.9 Å². The molecule has 124 valence electrons. The Balaban J connectivity index is 2.10. The lowest BCUT2D eigenvalue weighted by Crippen LogP contribution is -2.29. The topological polar surface area (TPSA) is 0 Å². The summed E-state index contributed by atoms with van der Waals surface area (Å²) in [6.07, 6.45) is 4.87. The van der Waals surface area contributed by atoms with Gasteiger partial charge in [0.15, 0.2) is 0 Å². The van der Waals surface area contributed by atoms with Crippen molar-refractivity contribution < 1.29 is 0 Å². The molecule has 2 aliphatic rings. The minimum atomic E-state index is 0.228. The van der Waals surface area contributed by atoms with E-state index >= 15 is 0 Å². The highest BCUT2D eigenvalue weighted by Crippen LogP contribution is 2.55. The van der Waals surface area contributed by atoms with E-state index in [9.17, 15) is 0 Å². The minimum absolute atomic E-state index is 0.228. The normalized spacial score (nSPS) is 24.2. The van der Waals surface area contributed by atoms with E-state index in [4.69, 9.17) is 0 Å². The summed E-state index contributed by atoms with van der Waals surface area (Å²) in [5, 5.41) is 0. The van der Waals surface area contributed by atoms with Gasteiger partial charge < -0.3 is 0 Å². The van der Waals surface area contributed by atoms with Gasteiger partial charge in [0.1, 0.15) is 0 Å². The third-order valence-corrected chi connectivity index (χ3v) is 6.22. The van der Waals surface area contributed by atoms with Crippen molar-refractivity contribution >= 4 is 11.1 Å². The number of fused-ring (bicyclic) bond motifs is 2. The van der Waals surface area contributed by atoms with Crippen molar-refractivity contribution in [1.82, 2.24) is 0 Å². The Morgan fingerprint density at radius 2 is 0.958 bits per heavy atom. The van der Waals surface area contributed by atoms with E-state index in [1.807, 2.05) is 0 Å². The maximum atomic E-state index is 2.44. The smallest absolute Gasteiger partial charge is 0.00912 e. The molecule has 2 aromatic rings. The molecule has 0 aromatic heterocycles. The number of rotatable bonds is 0. The first-order valence-corrected chi connectivity index (χ1v) is 9.32. The van der Waals surface area contributed by atoms with Gasteiger partial charge in [-0.3, -0.25) is 0 Å². The second-order valence-corrected chi connectivity index (χ2v) is 8.83. The average Bonchev–Trinajstić information content (AvgIpc) is 2.55. The molecule has 0 saturated heterocycles. The maximum absolute atomic E-state index is 2.44. The predicted octanol–water partition coefficient (Wildman–Crippen LogP) is 6.54. The molecule has 0 aliphatic heterocycles. The van der Waals surface area contributed by atoms with Crippen molar-refractivity contribution in [2.45, 2.75) is 53.4 Å². The summed E-state index contributed by atoms with van der Waals surface area (Å²) in [5.74, 6) is 0. The first kappa shape index (κ1) is 15.7. The Morgan fingerprint density at radius 3 is 1.38 bits per heavy atom. The van der Waals surface area contributed by atoms with E-state index in [-0.39, 0.29) is 10.8 Å². The molecule has 24 heavy (non-hydrogen) atoms. The van der Waals surface area contributed by atoms with Gasteiger partial charge in [-0.1, -0.05) is 76.2 Å². The maximum Gasteiger partial charge on any atom is -0.00912 e. The molecule has 0 fully saturated rings. The monoisotopic (exact) mass is 316 g/mol. The third kappa shape index (κ3) is 2.35. The molecule has 4 rings (SSSR count). The molecular weight excluding hydrogens is 288 g/mol. The Bertz CT molecular complexity index is 748. The van der Waals surface area contributed by atoms with Gasteiger partial charge in [-0.25, -0.2) is 0 Å². The van der Waals surface area contributed by atoms with E-state index in [2.05, 4.69) is 76.2 Å². The lowest BCUT2D eigenvalue weighted by Gasteiger charge is -2.43. The van der Waals surface area contributed by atoms with Gasteiger partial charge in [0, 0.05) is 0 Å². The van der Waals surface area contributed by atoms with E-state index in [1.165, 1.54) is 47.9 Å². The van der Waals surface area contributed by atoms with Gasteiger partial charge in [-0.2, -0.15) is 0 Å². The van der Waals surface area contributed by atoms with Crippen LogP contribution in [0.25, 0.3) is 11.1 Å². The molecular formula is C24H28. The summed E-state index contributed by atoms with van der Waals surface area (Å²) in [6.45, 7) is 9.77. The molecule has 2 aliphatic carbocycles. The summed E-state index contributed by atoms with van der Waals surface area (Å²) in [6, 6.07) is 18.2. The minimum Gasteiger partial charge on any atom is -0.0620 e. The van der Waals surface area contributed by atoms with E-state index < -0.39 is 0 Å². The molecule has 0 atom stereocenters. The fraction of sp³-hybridized carbons (Fsp3) is 0.417. The zero-order valence-electron chi connectivity index (χ0n) is 15.4. The van der Waals surface area contributed by atoms with Crippen LogP contribution < -0.4 is 0 Å². The van der Waals surface area contributed by atoms with Crippen LogP contribution in [0, 0.1) is 10.8 Å². The van der Waals surface area contributed by atoms with Crippen LogP contribution in [0.3, 0.4) is 0 Å².